The van der Waals surface area contributed by atoms with Crippen LogP contribution in [-0.2, 0) is 16.0 Å². The summed E-state index contributed by atoms with van der Waals surface area (Å²) in [6.07, 6.45) is 2.21. The van der Waals surface area contributed by atoms with E-state index >= 15 is 0 Å². The number of furan rings is 1. The van der Waals surface area contributed by atoms with Crippen molar-refractivity contribution >= 4 is 17.5 Å². The highest BCUT2D eigenvalue weighted by molar-refractivity contribution is 6.35. The summed E-state index contributed by atoms with van der Waals surface area (Å²) in [5.74, 6) is 0.242. The Morgan fingerprint density at radius 3 is 2.34 bits per heavy atom. The van der Waals surface area contributed by atoms with Crippen LogP contribution in [0.2, 0.25) is 0 Å². The second-order valence-electron chi connectivity index (χ2n) is 8.42. The summed E-state index contributed by atoms with van der Waals surface area (Å²) in [5, 5.41) is 5.49. The molecular formula is C27H32N4O4. The Balaban J connectivity index is 1.28. The zero-order chi connectivity index (χ0) is 24.5. The number of carbonyl (C=O) groups is 2. The van der Waals surface area contributed by atoms with Crippen LogP contribution < -0.4 is 20.3 Å². The van der Waals surface area contributed by atoms with Gasteiger partial charge in [-0.05, 0) is 42.3 Å². The lowest BCUT2D eigenvalue weighted by Crippen LogP contribution is -2.50. The third-order valence-corrected chi connectivity index (χ3v) is 6.28. The number of rotatable bonds is 9. The Hall–Kier alpha value is -3.78. The van der Waals surface area contributed by atoms with Crippen LogP contribution in [0, 0.1) is 0 Å². The molecule has 1 aliphatic heterocycles. The van der Waals surface area contributed by atoms with E-state index in [0.717, 1.165) is 43.3 Å². The Kier molecular flexibility index (Phi) is 8.40. The van der Waals surface area contributed by atoms with Crippen molar-refractivity contribution < 1.29 is 18.7 Å². The number of hydrogen-bond acceptors (Lipinski definition) is 6. The van der Waals surface area contributed by atoms with Crippen LogP contribution in [0.1, 0.15) is 17.4 Å². The number of piperazine rings is 1. The molecule has 0 spiro atoms. The van der Waals surface area contributed by atoms with E-state index in [1.165, 1.54) is 5.69 Å². The van der Waals surface area contributed by atoms with E-state index in [9.17, 15) is 9.59 Å². The molecule has 1 fully saturated rings. The van der Waals surface area contributed by atoms with Gasteiger partial charge in [0.15, 0.2) is 0 Å². The van der Waals surface area contributed by atoms with Crippen molar-refractivity contribution in [2.24, 2.45) is 0 Å². The lowest BCUT2D eigenvalue weighted by atomic mass is 10.1. The van der Waals surface area contributed by atoms with Crippen LogP contribution in [0.15, 0.2) is 77.4 Å². The number of methoxy groups -OCH3 is 1. The molecule has 8 nitrogen and oxygen atoms in total. The van der Waals surface area contributed by atoms with Gasteiger partial charge in [-0.3, -0.25) is 14.5 Å². The van der Waals surface area contributed by atoms with Crippen molar-refractivity contribution in [1.82, 2.24) is 15.5 Å². The van der Waals surface area contributed by atoms with Gasteiger partial charge in [-0.25, -0.2) is 0 Å². The van der Waals surface area contributed by atoms with E-state index in [2.05, 4.69) is 32.6 Å². The first-order valence-corrected chi connectivity index (χ1v) is 11.9. The van der Waals surface area contributed by atoms with Gasteiger partial charge in [0, 0.05) is 45.0 Å². The Labute approximate surface area is 205 Å². The van der Waals surface area contributed by atoms with Crippen molar-refractivity contribution in [2.75, 3.05) is 51.3 Å². The first kappa shape index (κ1) is 24.3. The number of benzene rings is 2. The molecule has 3 aromatic rings. The van der Waals surface area contributed by atoms with Crippen LogP contribution >= 0.6 is 0 Å². The number of ether oxygens (including phenoxy) is 1. The van der Waals surface area contributed by atoms with Gasteiger partial charge in [-0.2, -0.15) is 0 Å². The topological polar surface area (TPSA) is 87.0 Å². The van der Waals surface area contributed by atoms with E-state index < -0.39 is 11.8 Å². The second-order valence-corrected chi connectivity index (χ2v) is 8.42. The molecule has 0 aliphatic carbocycles. The van der Waals surface area contributed by atoms with Gasteiger partial charge in [-0.1, -0.05) is 36.4 Å². The number of nitrogens with one attached hydrogen (secondary N) is 2. The second kappa shape index (κ2) is 12.1. The quantitative estimate of drug-likeness (QED) is 0.462. The summed E-state index contributed by atoms with van der Waals surface area (Å²) in [6, 6.07) is 21.6. The molecule has 1 atom stereocenters. The summed E-state index contributed by atoms with van der Waals surface area (Å²) in [4.78, 5) is 29.5. The minimum Gasteiger partial charge on any atom is -0.496 e. The van der Waals surface area contributed by atoms with Crippen LogP contribution in [0.25, 0.3) is 0 Å². The zero-order valence-electron chi connectivity index (χ0n) is 20.0. The fourth-order valence-corrected chi connectivity index (χ4v) is 4.39. The molecule has 1 aromatic heterocycles. The Morgan fingerprint density at radius 1 is 0.914 bits per heavy atom. The van der Waals surface area contributed by atoms with Crippen LogP contribution in [0.5, 0.6) is 5.75 Å². The highest BCUT2D eigenvalue weighted by Crippen LogP contribution is 2.24. The van der Waals surface area contributed by atoms with Gasteiger partial charge in [0.2, 0.25) is 0 Å². The van der Waals surface area contributed by atoms with Crippen molar-refractivity contribution in [1.29, 1.82) is 0 Å². The molecule has 2 N–H and O–H groups in total. The summed E-state index contributed by atoms with van der Waals surface area (Å²) >= 11 is 0. The zero-order valence-corrected chi connectivity index (χ0v) is 20.0. The lowest BCUT2D eigenvalue weighted by molar-refractivity contribution is -0.139. The van der Waals surface area contributed by atoms with Gasteiger partial charge in [0.05, 0.1) is 19.4 Å². The van der Waals surface area contributed by atoms with Crippen molar-refractivity contribution in [3.05, 3.63) is 84.3 Å². The molecule has 2 amide bonds. The molecule has 4 rings (SSSR count). The fraction of sp³-hybridized carbons (Fsp3) is 0.333. The van der Waals surface area contributed by atoms with Gasteiger partial charge in [0.25, 0.3) is 0 Å². The molecule has 0 saturated carbocycles. The van der Waals surface area contributed by atoms with E-state index in [1.807, 2.05) is 54.6 Å². The maximum atomic E-state index is 12.5. The highest BCUT2D eigenvalue weighted by atomic mass is 16.5. The minimum absolute atomic E-state index is 0.145. The first-order chi connectivity index (χ1) is 17.2. The Bertz CT molecular complexity index is 1080. The van der Waals surface area contributed by atoms with Crippen LogP contribution in [0.4, 0.5) is 5.69 Å². The number of amides is 2. The SMILES string of the molecule is COc1ccccc1CCNC(=O)C(=O)NC[C@H](c1ccco1)N1CCN(c2ccccc2)CC1. The van der Waals surface area contributed by atoms with Gasteiger partial charge in [0.1, 0.15) is 11.5 Å². The van der Waals surface area contributed by atoms with E-state index in [-0.39, 0.29) is 12.6 Å². The highest BCUT2D eigenvalue weighted by Gasteiger charge is 2.28. The van der Waals surface area contributed by atoms with E-state index in [0.29, 0.717) is 13.0 Å². The first-order valence-electron chi connectivity index (χ1n) is 11.9. The van der Waals surface area contributed by atoms with E-state index in [4.69, 9.17) is 9.15 Å². The van der Waals surface area contributed by atoms with Crippen molar-refractivity contribution in [3.8, 4) is 5.75 Å². The fourth-order valence-electron chi connectivity index (χ4n) is 4.39. The van der Waals surface area contributed by atoms with Crippen molar-refractivity contribution in [2.45, 2.75) is 12.5 Å². The molecule has 0 radical (unpaired) electrons. The average molecular weight is 477 g/mol. The third kappa shape index (κ3) is 6.42. The van der Waals surface area contributed by atoms with Crippen molar-refractivity contribution in [3.63, 3.8) is 0 Å². The number of carbonyl (C=O) groups excluding carboxylic acids is 2. The van der Waals surface area contributed by atoms with Gasteiger partial charge >= 0.3 is 11.8 Å². The molecule has 1 aliphatic rings. The molecule has 0 unspecified atom stereocenters. The molecule has 1 saturated heterocycles. The molecule has 0 bridgehead atoms. The minimum atomic E-state index is -0.649. The monoisotopic (exact) mass is 476 g/mol. The predicted molar refractivity (Wildman–Crippen MR) is 134 cm³/mol. The summed E-state index contributed by atoms with van der Waals surface area (Å²) in [7, 11) is 1.61. The molecule has 2 aromatic carbocycles. The number of nitrogens with zero attached hydrogens (tertiary/aromatic N) is 2. The number of anilines is 1. The summed E-state index contributed by atoms with van der Waals surface area (Å²) in [5.41, 5.74) is 2.18. The van der Waals surface area contributed by atoms with Crippen LogP contribution in [-0.4, -0.2) is 63.1 Å². The van der Waals surface area contributed by atoms with Gasteiger partial charge in [-0.15, -0.1) is 0 Å². The molecule has 184 valence electrons. The normalized spacial score (nSPS) is 14.8. The predicted octanol–water partition coefficient (Wildman–Crippen LogP) is 2.63. The molecule has 8 heteroatoms. The van der Waals surface area contributed by atoms with Gasteiger partial charge < -0.3 is 24.7 Å². The van der Waals surface area contributed by atoms with Crippen LogP contribution in [0.3, 0.4) is 0 Å². The average Bonchev–Trinajstić information content (AvgIpc) is 3.44. The maximum Gasteiger partial charge on any atom is 0.309 e. The molecule has 2 heterocycles. The molecular weight excluding hydrogens is 444 g/mol. The number of hydrogen-bond donors (Lipinski definition) is 2. The standard InChI is InChI=1S/C27H32N4O4/c1-34-24-11-6-5-8-21(24)13-14-28-26(32)27(33)29-20-23(25-12-7-19-35-25)31-17-15-30(16-18-31)22-9-3-2-4-10-22/h2-12,19,23H,13-18,20H2,1H3,(H,28,32)(H,29,33)/t23-/m1/s1. The maximum absolute atomic E-state index is 12.5. The third-order valence-electron chi connectivity index (χ3n) is 6.28. The molecule has 35 heavy (non-hydrogen) atoms. The Morgan fingerprint density at radius 2 is 1.63 bits per heavy atom. The smallest absolute Gasteiger partial charge is 0.309 e. The summed E-state index contributed by atoms with van der Waals surface area (Å²) in [6.45, 7) is 4.02. The van der Waals surface area contributed by atoms with E-state index in [1.54, 1.807) is 13.4 Å². The largest absolute Gasteiger partial charge is 0.496 e. The number of para-hydroxylation sites is 2. The summed E-state index contributed by atoms with van der Waals surface area (Å²) < 4.78 is 11.0. The lowest BCUT2D eigenvalue weighted by Gasteiger charge is -2.39.